The number of aliphatic carboxylic acids is 1. The molecule has 0 spiro atoms. The van der Waals surface area contributed by atoms with Crippen molar-refractivity contribution >= 4 is 5.97 Å². The van der Waals surface area contributed by atoms with E-state index in [-0.39, 0.29) is 6.42 Å². The second kappa shape index (κ2) is 3.55. The highest BCUT2D eigenvalue weighted by Gasteiger charge is 2.19. The Labute approximate surface area is 75.0 Å². The largest absolute Gasteiger partial charge is 0.479 e. The fourth-order valence-corrected chi connectivity index (χ4v) is 1.12. The molecule has 72 valence electrons. The number of aromatic nitrogens is 2. The molecule has 1 N–H and O–H groups in total. The summed E-state index contributed by atoms with van der Waals surface area (Å²) in [5.41, 5.74) is 1.43. The van der Waals surface area contributed by atoms with Gasteiger partial charge in [0.25, 0.3) is 0 Å². The van der Waals surface area contributed by atoms with Crippen LogP contribution in [0.1, 0.15) is 11.3 Å². The Morgan fingerprint density at radius 3 is 2.85 bits per heavy atom. The van der Waals surface area contributed by atoms with Gasteiger partial charge in [0, 0.05) is 19.2 Å². The lowest BCUT2D eigenvalue weighted by Gasteiger charge is -2.04. The number of hydrogen-bond donors (Lipinski definition) is 1. The van der Waals surface area contributed by atoms with Crippen LogP contribution in [0.3, 0.4) is 0 Å². The van der Waals surface area contributed by atoms with Gasteiger partial charge in [0.15, 0.2) is 0 Å². The van der Waals surface area contributed by atoms with E-state index in [4.69, 9.17) is 5.11 Å². The van der Waals surface area contributed by atoms with Gasteiger partial charge in [0.05, 0.1) is 6.20 Å². The van der Waals surface area contributed by atoms with Gasteiger partial charge in [0.1, 0.15) is 0 Å². The number of nitrogens with zero attached hydrogens (tertiary/aromatic N) is 2. The number of carboxylic acids is 1. The van der Waals surface area contributed by atoms with Crippen LogP contribution in [0, 0.1) is 6.92 Å². The molecule has 1 heterocycles. The number of aryl methyl sites for hydroxylation is 2. The zero-order valence-corrected chi connectivity index (χ0v) is 7.49. The first-order valence-corrected chi connectivity index (χ1v) is 3.86. The van der Waals surface area contributed by atoms with Crippen LogP contribution in [0.5, 0.6) is 0 Å². The van der Waals surface area contributed by atoms with E-state index in [0.29, 0.717) is 5.69 Å². The number of carboxylic acid groups (broad SMARTS) is 1. The Balaban J connectivity index is 2.79. The van der Waals surface area contributed by atoms with Crippen molar-refractivity contribution in [2.45, 2.75) is 19.5 Å². The predicted octanol–water partition coefficient (Wildman–Crippen LogP) is 0.694. The van der Waals surface area contributed by atoms with Gasteiger partial charge in [-0.1, -0.05) is 0 Å². The van der Waals surface area contributed by atoms with Crippen LogP contribution in [-0.2, 0) is 18.3 Å². The van der Waals surface area contributed by atoms with Crippen molar-refractivity contribution in [1.82, 2.24) is 9.78 Å². The van der Waals surface area contributed by atoms with Crippen LogP contribution in [-0.4, -0.2) is 27.0 Å². The summed E-state index contributed by atoms with van der Waals surface area (Å²) in [6.45, 7) is 1.77. The number of halogens is 1. The Bertz CT molecular complexity index is 302. The molecular formula is C8H11FN2O2. The highest BCUT2D eigenvalue weighted by atomic mass is 19.1. The molecule has 0 bridgehead atoms. The average molecular weight is 186 g/mol. The fourth-order valence-electron chi connectivity index (χ4n) is 1.12. The van der Waals surface area contributed by atoms with Crippen LogP contribution in [0.25, 0.3) is 0 Å². The van der Waals surface area contributed by atoms with E-state index < -0.39 is 12.1 Å². The first-order valence-electron chi connectivity index (χ1n) is 3.86. The summed E-state index contributed by atoms with van der Waals surface area (Å²) in [5.74, 6) is -1.43. The van der Waals surface area contributed by atoms with Crippen molar-refractivity contribution in [3.05, 3.63) is 17.5 Å². The molecule has 0 fully saturated rings. The fraction of sp³-hybridized carbons (Fsp3) is 0.500. The molecule has 1 rings (SSSR count). The van der Waals surface area contributed by atoms with Gasteiger partial charge in [-0.15, -0.1) is 0 Å². The molecule has 4 nitrogen and oxygen atoms in total. The van der Waals surface area contributed by atoms with Crippen LogP contribution in [0.4, 0.5) is 4.39 Å². The molecule has 0 aliphatic carbocycles. The van der Waals surface area contributed by atoms with E-state index in [1.165, 1.54) is 4.68 Å². The summed E-state index contributed by atoms with van der Waals surface area (Å²) in [5, 5.41) is 12.2. The van der Waals surface area contributed by atoms with Gasteiger partial charge < -0.3 is 5.11 Å². The summed E-state index contributed by atoms with van der Waals surface area (Å²) in [6, 6.07) is 0. The topological polar surface area (TPSA) is 55.1 Å². The standard InChI is InChI=1S/C8H11FN2O2/c1-5-4-10-11(2)7(5)3-6(9)8(12)13/h4,6H,3H2,1-2H3,(H,12,13). The Kier molecular flexibility index (Phi) is 2.65. The van der Waals surface area contributed by atoms with Gasteiger partial charge in [-0.3, -0.25) is 4.68 Å². The molecule has 1 aromatic heterocycles. The zero-order valence-electron chi connectivity index (χ0n) is 7.49. The molecule has 1 atom stereocenters. The third kappa shape index (κ3) is 2.05. The summed E-state index contributed by atoms with van der Waals surface area (Å²) < 4.78 is 14.3. The lowest BCUT2D eigenvalue weighted by atomic mass is 10.1. The molecule has 0 amide bonds. The molecule has 0 saturated carbocycles. The monoisotopic (exact) mass is 186 g/mol. The smallest absolute Gasteiger partial charge is 0.338 e. The SMILES string of the molecule is Cc1cnn(C)c1CC(F)C(=O)O. The van der Waals surface area contributed by atoms with Crippen molar-refractivity contribution in [2.24, 2.45) is 7.05 Å². The lowest BCUT2D eigenvalue weighted by Crippen LogP contribution is -2.19. The number of alkyl halides is 1. The van der Waals surface area contributed by atoms with Crippen molar-refractivity contribution in [2.75, 3.05) is 0 Å². The van der Waals surface area contributed by atoms with Gasteiger partial charge in [-0.2, -0.15) is 5.10 Å². The van der Waals surface area contributed by atoms with Crippen LogP contribution in [0.2, 0.25) is 0 Å². The molecule has 0 radical (unpaired) electrons. The van der Waals surface area contributed by atoms with Gasteiger partial charge in [-0.05, 0) is 12.5 Å². The minimum Gasteiger partial charge on any atom is -0.479 e. The lowest BCUT2D eigenvalue weighted by molar-refractivity contribution is -0.142. The number of rotatable bonds is 3. The predicted molar refractivity (Wildman–Crippen MR) is 44.2 cm³/mol. The molecule has 0 aliphatic rings. The molecule has 1 unspecified atom stereocenters. The van der Waals surface area contributed by atoms with E-state index in [1.807, 2.05) is 0 Å². The minimum atomic E-state index is -1.85. The molecule has 0 saturated heterocycles. The maximum Gasteiger partial charge on any atom is 0.338 e. The van der Waals surface area contributed by atoms with Crippen molar-refractivity contribution in [3.8, 4) is 0 Å². The average Bonchev–Trinajstić information content (AvgIpc) is 2.35. The maximum absolute atomic E-state index is 12.8. The Morgan fingerprint density at radius 2 is 2.46 bits per heavy atom. The molecule has 0 aromatic carbocycles. The van der Waals surface area contributed by atoms with E-state index in [1.54, 1.807) is 20.2 Å². The van der Waals surface area contributed by atoms with E-state index >= 15 is 0 Å². The van der Waals surface area contributed by atoms with E-state index in [9.17, 15) is 9.18 Å². The summed E-state index contributed by atoms with van der Waals surface area (Å²) in [7, 11) is 1.66. The Hall–Kier alpha value is -1.39. The minimum absolute atomic E-state index is 0.127. The van der Waals surface area contributed by atoms with Crippen LogP contribution >= 0.6 is 0 Å². The van der Waals surface area contributed by atoms with E-state index in [0.717, 1.165) is 5.56 Å². The third-order valence-corrected chi connectivity index (χ3v) is 1.91. The maximum atomic E-state index is 12.8. The quantitative estimate of drug-likeness (QED) is 0.755. The van der Waals surface area contributed by atoms with Gasteiger partial charge in [-0.25, -0.2) is 9.18 Å². The summed E-state index contributed by atoms with van der Waals surface area (Å²) in [4.78, 5) is 10.2. The van der Waals surface area contributed by atoms with E-state index in [2.05, 4.69) is 5.10 Å². The van der Waals surface area contributed by atoms with Gasteiger partial charge >= 0.3 is 5.97 Å². The van der Waals surface area contributed by atoms with Crippen LogP contribution < -0.4 is 0 Å². The molecular weight excluding hydrogens is 175 g/mol. The first kappa shape index (κ1) is 9.70. The number of carbonyl (C=O) groups is 1. The van der Waals surface area contributed by atoms with Crippen molar-refractivity contribution < 1.29 is 14.3 Å². The normalized spacial score (nSPS) is 12.8. The second-order valence-electron chi connectivity index (χ2n) is 2.91. The second-order valence-corrected chi connectivity index (χ2v) is 2.91. The van der Waals surface area contributed by atoms with Crippen molar-refractivity contribution in [1.29, 1.82) is 0 Å². The highest BCUT2D eigenvalue weighted by Crippen LogP contribution is 2.10. The van der Waals surface area contributed by atoms with Crippen LogP contribution in [0.15, 0.2) is 6.20 Å². The molecule has 5 heteroatoms. The highest BCUT2D eigenvalue weighted by molar-refractivity contribution is 5.72. The zero-order chi connectivity index (χ0) is 10.0. The molecule has 0 aliphatic heterocycles. The summed E-state index contributed by atoms with van der Waals surface area (Å²) >= 11 is 0. The Morgan fingerprint density at radius 1 is 1.85 bits per heavy atom. The number of hydrogen-bond acceptors (Lipinski definition) is 2. The van der Waals surface area contributed by atoms with Crippen molar-refractivity contribution in [3.63, 3.8) is 0 Å². The first-order chi connectivity index (χ1) is 6.02. The summed E-state index contributed by atoms with van der Waals surface area (Å²) in [6.07, 6.45) is -0.393. The molecule has 1 aromatic rings. The van der Waals surface area contributed by atoms with Gasteiger partial charge in [0.2, 0.25) is 6.17 Å². The molecule has 13 heavy (non-hydrogen) atoms. The third-order valence-electron chi connectivity index (χ3n) is 1.91.